The highest BCUT2D eigenvalue weighted by Gasteiger charge is 2.21. The summed E-state index contributed by atoms with van der Waals surface area (Å²) in [6.07, 6.45) is 4.30. The molecule has 0 aliphatic heterocycles. The van der Waals surface area contributed by atoms with Crippen LogP contribution in [0.15, 0.2) is 11.2 Å². The van der Waals surface area contributed by atoms with Crippen molar-refractivity contribution in [1.29, 1.82) is 0 Å². The molecule has 1 unspecified atom stereocenters. The van der Waals surface area contributed by atoms with Gasteiger partial charge in [0.05, 0.1) is 0 Å². The molecule has 7 heteroatoms. The molecule has 0 spiro atoms. The first-order valence-electron chi connectivity index (χ1n) is 6.52. The largest absolute Gasteiger partial charge is 0.334 e. The number of nitrogens with one attached hydrogen (secondary N) is 1. The summed E-state index contributed by atoms with van der Waals surface area (Å²) in [5, 5.41) is 0.993. The maximum Gasteiger partial charge on any atom is 0.259 e. The lowest BCUT2D eigenvalue weighted by Crippen LogP contribution is -2.32. The first-order valence-corrected chi connectivity index (χ1v) is 9.13. The van der Waals surface area contributed by atoms with Gasteiger partial charge in [-0.2, -0.15) is 0 Å². The smallest absolute Gasteiger partial charge is 0.259 e. The fourth-order valence-corrected chi connectivity index (χ4v) is 3.45. The van der Waals surface area contributed by atoms with Crippen LogP contribution in [0.3, 0.4) is 0 Å². The van der Waals surface area contributed by atoms with Crippen LogP contribution in [0.5, 0.6) is 0 Å². The number of imidazole rings is 1. The van der Waals surface area contributed by atoms with Crippen molar-refractivity contribution in [1.82, 2.24) is 14.3 Å². The summed E-state index contributed by atoms with van der Waals surface area (Å²) in [6, 6.07) is -0.0841. The topological polar surface area (TPSA) is 64.0 Å². The SMILES string of the molecule is CCCn1cc(S(=O)(=O)NC(C)CCCBr)nc1C. The Labute approximate surface area is 124 Å². The average Bonchev–Trinajstić information content (AvgIpc) is 2.69. The van der Waals surface area contributed by atoms with Crippen molar-refractivity contribution in [3.05, 3.63) is 12.0 Å². The van der Waals surface area contributed by atoms with Crippen LogP contribution in [0.4, 0.5) is 0 Å². The molecule has 0 aliphatic carbocycles. The van der Waals surface area contributed by atoms with Crippen molar-refractivity contribution >= 4 is 26.0 Å². The first kappa shape index (κ1) is 16.7. The number of nitrogens with zero attached hydrogens (tertiary/aromatic N) is 2. The monoisotopic (exact) mass is 351 g/mol. The van der Waals surface area contributed by atoms with E-state index >= 15 is 0 Å². The minimum absolute atomic E-state index is 0.0841. The summed E-state index contributed by atoms with van der Waals surface area (Å²) in [6.45, 7) is 6.53. The summed E-state index contributed by atoms with van der Waals surface area (Å²) in [7, 11) is -3.51. The van der Waals surface area contributed by atoms with E-state index in [1.54, 1.807) is 6.20 Å². The van der Waals surface area contributed by atoms with Crippen LogP contribution in [0.2, 0.25) is 0 Å². The summed E-state index contributed by atoms with van der Waals surface area (Å²) in [5.74, 6) is 0.732. The van der Waals surface area contributed by atoms with Crippen molar-refractivity contribution < 1.29 is 8.42 Å². The minimum Gasteiger partial charge on any atom is -0.334 e. The van der Waals surface area contributed by atoms with Crippen molar-refractivity contribution in [3.8, 4) is 0 Å². The Morgan fingerprint density at radius 3 is 2.79 bits per heavy atom. The number of sulfonamides is 1. The molecule has 19 heavy (non-hydrogen) atoms. The minimum atomic E-state index is -3.51. The van der Waals surface area contributed by atoms with Gasteiger partial charge in [-0.05, 0) is 33.1 Å². The molecule has 0 saturated heterocycles. The molecule has 0 fully saturated rings. The average molecular weight is 352 g/mol. The van der Waals surface area contributed by atoms with Crippen LogP contribution in [-0.4, -0.2) is 29.3 Å². The molecule has 1 N–H and O–H groups in total. The Morgan fingerprint density at radius 2 is 2.21 bits per heavy atom. The molecule has 0 bridgehead atoms. The van der Waals surface area contributed by atoms with Gasteiger partial charge in [0.15, 0.2) is 5.03 Å². The summed E-state index contributed by atoms with van der Waals surface area (Å²) in [5.41, 5.74) is 0. The zero-order valence-electron chi connectivity index (χ0n) is 11.7. The maximum absolute atomic E-state index is 12.2. The molecular formula is C12H22BrN3O2S. The van der Waals surface area contributed by atoms with E-state index in [2.05, 4.69) is 25.6 Å². The van der Waals surface area contributed by atoms with Gasteiger partial charge >= 0.3 is 0 Å². The second-order valence-electron chi connectivity index (χ2n) is 4.67. The van der Waals surface area contributed by atoms with E-state index in [0.717, 1.165) is 37.0 Å². The van der Waals surface area contributed by atoms with E-state index in [0.29, 0.717) is 0 Å². The number of aryl methyl sites for hydroxylation is 2. The van der Waals surface area contributed by atoms with Crippen molar-refractivity contribution in [2.24, 2.45) is 0 Å². The maximum atomic E-state index is 12.2. The standard InChI is InChI=1S/C12H22BrN3O2S/c1-4-8-16-9-12(14-11(16)3)19(17,18)15-10(2)6-5-7-13/h9-10,15H,4-8H2,1-3H3. The van der Waals surface area contributed by atoms with Gasteiger partial charge in [0.1, 0.15) is 5.82 Å². The quantitative estimate of drug-likeness (QED) is 0.731. The van der Waals surface area contributed by atoms with Gasteiger partial charge in [-0.15, -0.1) is 0 Å². The third-order valence-electron chi connectivity index (χ3n) is 2.82. The zero-order chi connectivity index (χ0) is 14.5. The Kier molecular flexibility index (Phi) is 6.49. The Balaban J connectivity index is 2.79. The third-order valence-corrected chi connectivity index (χ3v) is 4.84. The highest BCUT2D eigenvalue weighted by molar-refractivity contribution is 9.09. The molecule has 110 valence electrons. The van der Waals surface area contributed by atoms with Crippen LogP contribution < -0.4 is 4.72 Å². The van der Waals surface area contributed by atoms with E-state index in [4.69, 9.17) is 0 Å². The van der Waals surface area contributed by atoms with Crippen LogP contribution in [0.25, 0.3) is 0 Å². The molecule has 1 atom stereocenters. The van der Waals surface area contributed by atoms with Gasteiger partial charge in [0.2, 0.25) is 0 Å². The molecule has 1 rings (SSSR count). The highest BCUT2D eigenvalue weighted by Crippen LogP contribution is 2.11. The Bertz CT molecular complexity index is 499. The number of hydrogen-bond donors (Lipinski definition) is 1. The van der Waals surface area contributed by atoms with Gasteiger partial charge in [0.25, 0.3) is 10.0 Å². The predicted molar refractivity (Wildman–Crippen MR) is 80.1 cm³/mol. The highest BCUT2D eigenvalue weighted by atomic mass is 79.9. The van der Waals surface area contributed by atoms with Gasteiger partial charge in [-0.1, -0.05) is 22.9 Å². The molecule has 0 aromatic carbocycles. The van der Waals surface area contributed by atoms with Crippen LogP contribution >= 0.6 is 15.9 Å². The van der Waals surface area contributed by atoms with Gasteiger partial charge in [0, 0.05) is 24.1 Å². The second kappa shape index (κ2) is 7.40. The van der Waals surface area contributed by atoms with E-state index in [1.807, 2.05) is 25.3 Å². The van der Waals surface area contributed by atoms with Crippen molar-refractivity contribution in [2.45, 2.75) is 57.6 Å². The number of rotatable bonds is 8. The second-order valence-corrected chi connectivity index (χ2v) is 7.13. The fourth-order valence-electron chi connectivity index (χ4n) is 1.84. The molecule has 1 heterocycles. The van der Waals surface area contributed by atoms with E-state index in [9.17, 15) is 8.42 Å². The molecule has 1 aromatic heterocycles. The van der Waals surface area contributed by atoms with E-state index < -0.39 is 10.0 Å². The summed E-state index contributed by atoms with van der Waals surface area (Å²) >= 11 is 3.34. The molecule has 0 aliphatic rings. The zero-order valence-corrected chi connectivity index (χ0v) is 14.1. The van der Waals surface area contributed by atoms with Gasteiger partial charge < -0.3 is 4.57 Å². The molecule has 0 amide bonds. The lowest BCUT2D eigenvalue weighted by Gasteiger charge is -2.11. The van der Waals surface area contributed by atoms with Gasteiger partial charge in [-0.25, -0.2) is 18.1 Å². The lowest BCUT2D eigenvalue weighted by molar-refractivity contribution is 0.542. The van der Waals surface area contributed by atoms with Gasteiger partial charge in [-0.3, -0.25) is 0 Å². The first-order chi connectivity index (χ1) is 8.90. The van der Waals surface area contributed by atoms with Crippen LogP contribution in [0, 0.1) is 6.92 Å². The summed E-state index contributed by atoms with van der Waals surface area (Å²) in [4.78, 5) is 4.14. The van der Waals surface area contributed by atoms with Crippen LogP contribution in [0.1, 0.15) is 38.9 Å². The Hall–Kier alpha value is -0.400. The number of aromatic nitrogens is 2. The lowest BCUT2D eigenvalue weighted by atomic mass is 10.2. The summed E-state index contributed by atoms with van der Waals surface area (Å²) < 4.78 is 28.9. The molecule has 5 nitrogen and oxygen atoms in total. The van der Waals surface area contributed by atoms with Crippen molar-refractivity contribution in [2.75, 3.05) is 5.33 Å². The molecule has 1 aromatic rings. The third kappa shape index (κ3) is 4.89. The number of hydrogen-bond acceptors (Lipinski definition) is 3. The van der Waals surface area contributed by atoms with E-state index in [-0.39, 0.29) is 11.1 Å². The van der Waals surface area contributed by atoms with Crippen LogP contribution in [-0.2, 0) is 16.6 Å². The molecule has 0 radical (unpaired) electrons. The molecule has 0 saturated carbocycles. The van der Waals surface area contributed by atoms with Crippen molar-refractivity contribution in [3.63, 3.8) is 0 Å². The number of halogens is 1. The molecular weight excluding hydrogens is 330 g/mol. The Morgan fingerprint density at radius 1 is 1.53 bits per heavy atom. The predicted octanol–water partition coefficient (Wildman–Crippen LogP) is 2.44. The normalized spacial score (nSPS) is 13.7. The van der Waals surface area contributed by atoms with E-state index in [1.165, 1.54) is 0 Å². The number of alkyl halides is 1. The fraction of sp³-hybridized carbons (Fsp3) is 0.750.